The Bertz CT molecular complexity index is 658. The van der Waals surface area contributed by atoms with Gasteiger partial charge in [-0.2, -0.15) is 0 Å². The maximum atomic E-state index is 13.0. The number of hydrogen-bond donors (Lipinski definition) is 1. The zero-order valence-electron chi connectivity index (χ0n) is 16.0. The SMILES string of the molecule is Cc1cccc(C)c1C(=O)N1CCC2(CCC(=O)N(CCCO)C2)CC1. The van der Waals surface area contributed by atoms with Crippen molar-refractivity contribution in [1.82, 2.24) is 9.80 Å². The Morgan fingerprint density at radius 3 is 2.42 bits per heavy atom. The number of hydrogen-bond acceptors (Lipinski definition) is 3. The van der Waals surface area contributed by atoms with Crippen LogP contribution in [0.2, 0.25) is 0 Å². The minimum absolute atomic E-state index is 0.120. The summed E-state index contributed by atoms with van der Waals surface area (Å²) in [7, 11) is 0. The Hall–Kier alpha value is -1.88. The highest BCUT2D eigenvalue weighted by molar-refractivity contribution is 5.97. The number of aryl methyl sites for hydroxylation is 2. The van der Waals surface area contributed by atoms with Gasteiger partial charge in [-0.3, -0.25) is 9.59 Å². The number of rotatable bonds is 4. The zero-order chi connectivity index (χ0) is 18.7. The molecule has 0 radical (unpaired) electrons. The van der Waals surface area contributed by atoms with Gasteiger partial charge in [0, 0.05) is 44.8 Å². The van der Waals surface area contributed by atoms with Crippen molar-refractivity contribution in [2.45, 2.75) is 46.0 Å². The van der Waals surface area contributed by atoms with Gasteiger partial charge in [-0.1, -0.05) is 18.2 Å². The van der Waals surface area contributed by atoms with Crippen molar-refractivity contribution in [2.24, 2.45) is 5.41 Å². The summed E-state index contributed by atoms with van der Waals surface area (Å²) in [6.45, 7) is 7.05. The van der Waals surface area contributed by atoms with E-state index in [0.29, 0.717) is 19.4 Å². The minimum atomic E-state index is 0.120. The van der Waals surface area contributed by atoms with E-state index in [-0.39, 0.29) is 23.8 Å². The Morgan fingerprint density at radius 1 is 1.15 bits per heavy atom. The number of carbonyl (C=O) groups excluding carboxylic acids is 2. The molecule has 2 fully saturated rings. The molecule has 5 nitrogen and oxygen atoms in total. The van der Waals surface area contributed by atoms with Crippen LogP contribution in [0.1, 0.15) is 53.6 Å². The number of benzene rings is 1. The van der Waals surface area contributed by atoms with Gasteiger partial charge in [0.15, 0.2) is 0 Å². The summed E-state index contributed by atoms with van der Waals surface area (Å²) in [6.07, 6.45) is 4.06. The minimum Gasteiger partial charge on any atom is -0.396 e. The average molecular weight is 358 g/mol. The first-order valence-corrected chi connectivity index (χ1v) is 9.70. The zero-order valence-corrected chi connectivity index (χ0v) is 16.0. The molecule has 2 aliphatic heterocycles. The van der Waals surface area contributed by atoms with E-state index >= 15 is 0 Å². The largest absolute Gasteiger partial charge is 0.396 e. The molecule has 1 N–H and O–H groups in total. The van der Waals surface area contributed by atoms with Crippen molar-refractivity contribution < 1.29 is 14.7 Å². The van der Waals surface area contributed by atoms with E-state index in [1.807, 2.05) is 41.8 Å². The standard InChI is InChI=1S/C21H30N2O3/c1-16-5-3-6-17(2)19(16)20(26)22-12-9-21(10-13-22)8-7-18(25)23(15-21)11-4-14-24/h3,5-6,24H,4,7-15H2,1-2H3. The molecule has 1 aromatic carbocycles. The third-order valence-electron chi connectivity index (χ3n) is 6.14. The topological polar surface area (TPSA) is 60.9 Å². The highest BCUT2D eigenvalue weighted by atomic mass is 16.3. The lowest BCUT2D eigenvalue weighted by molar-refractivity contribution is -0.139. The monoisotopic (exact) mass is 358 g/mol. The molecule has 0 saturated carbocycles. The molecule has 0 atom stereocenters. The molecule has 26 heavy (non-hydrogen) atoms. The maximum absolute atomic E-state index is 13.0. The second-order valence-corrected chi connectivity index (χ2v) is 7.95. The number of amides is 2. The van der Waals surface area contributed by atoms with Gasteiger partial charge < -0.3 is 14.9 Å². The van der Waals surface area contributed by atoms with Gasteiger partial charge in [0.1, 0.15) is 0 Å². The normalized spacial score (nSPS) is 19.9. The van der Waals surface area contributed by atoms with Crippen molar-refractivity contribution in [1.29, 1.82) is 0 Å². The van der Waals surface area contributed by atoms with Gasteiger partial charge in [0.25, 0.3) is 5.91 Å². The Kier molecular flexibility index (Phi) is 5.66. The molecule has 1 aromatic rings. The lowest BCUT2D eigenvalue weighted by Gasteiger charge is -2.47. The number of aliphatic hydroxyl groups excluding tert-OH is 1. The molecule has 0 bridgehead atoms. The smallest absolute Gasteiger partial charge is 0.254 e. The molecule has 3 rings (SSSR count). The number of piperidine rings is 2. The van der Waals surface area contributed by atoms with Crippen LogP contribution in [0.25, 0.3) is 0 Å². The third kappa shape index (κ3) is 3.78. The van der Waals surface area contributed by atoms with Crippen molar-refractivity contribution in [3.05, 3.63) is 34.9 Å². The second kappa shape index (κ2) is 7.78. The number of nitrogens with zero attached hydrogens (tertiary/aromatic N) is 2. The fourth-order valence-corrected chi connectivity index (χ4v) is 4.47. The molecular weight excluding hydrogens is 328 g/mol. The Morgan fingerprint density at radius 2 is 1.81 bits per heavy atom. The first-order chi connectivity index (χ1) is 12.5. The van der Waals surface area contributed by atoms with Crippen LogP contribution in [0.3, 0.4) is 0 Å². The maximum Gasteiger partial charge on any atom is 0.254 e. The fourth-order valence-electron chi connectivity index (χ4n) is 4.47. The molecular formula is C21H30N2O3. The fraction of sp³-hybridized carbons (Fsp3) is 0.619. The van der Waals surface area contributed by atoms with E-state index in [4.69, 9.17) is 5.11 Å². The second-order valence-electron chi connectivity index (χ2n) is 7.95. The third-order valence-corrected chi connectivity index (χ3v) is 6.14. The van der Waals surface area contributed by atoms with Crippen LogP contribution < -0.4 is 0 Å². The summed E-state index contributed by atoms with van der Waals surface area (Å²) in [5.74, 6) is 0.345. The van der Waals surface area contributed by atoms with Gasteiger partial charge in [-0.25, -0.2) is 0 Å². The molecule has 1 spiro atoms. The van der Waals surface area contributed by atoms with E-state index in [1.54, 1.807) is 0 Å². The summed E-state index contributed by atoms with van der Waals surface area (Å²) in [4.78, 5) is 29.0. The Labute approximate surface area is 156 Å². The molecule has 2 heterocycles. The summed E-state index contributed by atoms with van der Waals surface area (Å²) in [5, 5.41) is 9.05. The number of carbonyl (C=O) groups is 2. The molecule has 0 unspecified atom stereocenters. The van der Waals surface area contributed by atoms with Crippen molar-refractivity contribution in [3.63, 3.8) is 0 Å². The Balaban J connectivity index is 1.65. The van der Waals surface area contributed by atoms with Crippen LogP contribution in [-0.4, -0.2) is 59.5 Å². The highest BCUT2D eigenvalue weighted by Gasteiger charge is 2.41. The summed E-state index contributed by atoms with van der Waals surface area (Å²) < 4.78 is 0. The van der Waals surface area contributed by atoms with Crippen LogP contribution in [-0.2, 0) is 4.79 Å². The van der Waals surface area contributed by atoms with Gasteiger partial charge in [0.05, 0.1) is 0 Å². The van der Waals surface area contributed by atoms with Crippen molar-refractivity contribution in [3.8, 4) is 0 Å². The first kappa shape index (κ1) is 18.9. The van der Waals surface area contributed by atoms with Crippen LogP contribution in [0.4, 0.5) is 0 Å². The van der Waals surface area contributed by atoms with Gasteiger partial charge in [0.2, 0.25) is 5.91 Å². The molecule has 2 amide bonds. The first-order valence-electron chi connectivity index (χ1n) is 9.70. The van der Waals surface area contributed by atoms with E-state index in [9.17, 15) is 9.59 Å². The molecule has 2 saturated heterocycles. The predicted molar refractivity (Wildman–Crippen MR) is 101 cm³/mol. The lowest BCUT2D eigenvalue weighted by atomic mass is 9.72. The number of likely N-dealkylation sites (tertiary alicyclic amines) is 2. The molecule has 142 valence electrons. The summed E-state index contributed by atoms with van der Waals surface area (Å²) >= 11 is 0. The van der Waals surface area contributed by atoms with Crippen molar-refractivity contribution >= 4 is 11.8 Å². The van der Waals surface area contributed by atoms with Crippen LogP contribution in [0.5, 0.6) is 0 Å². The van der Waals surface area contributed by atoms with Crippen LogP contribution in [0.15, 0.2) is 18.2 Å². The van der Waals surface area contributed by atoms with Gasteiger partial charge >= 0.3 is 0 Å². The van der Waals surface area contributed by atoms with Crippen LogP contribution in [0, 0.1) is 19.3 Å². The van der Waals surface area contributed by atoms with Gasteiger partial charge in [-0.05, 0) is 56.1 Å². The summed E-state index contributed by atoms with van der Waals surface area (Å²) in [6, 6.07) is 5.99. The van der Waals surface area contributed by atoms with E-state index < -0.39 is 0 Å². The molecule has 0 aromatic heterocycles. The lowest BCUT2D eigenvalue weighted by Crippen LogP contribution is -2.52. The summed E-state index contributed by atoms with van der Waals surface area (Å²) in [5.41, 5.74) is 3.05. The van der Waals surface area contributed by atoms with Crippen molar-refractivity contribution in [2.75, 3.05) is 32.8 Å². The quantitative estimate of drug-likeness (QED) is 0.900. The van der Waals surface area contributed by atoms with E-state index in [1.165, 1.54) is 0 Å². The van der Waals surface area contributed by atoms with Gasteiger partial charge in [-0.15, -0.1) is 0 Å². The molecule has 0 aliphatic carbocycles. The highest BCUT2D eigenvalue weighted by Crippen LogP contribution is 2.40. The number of aliphatic hydroxyl groups is 1. The predicted octanol–water partition coefficient (Wildman–Crippen LogP) is 2.53. The van der Waals surface area contributed by atoms with Crippen LogP contribution >= 0.6 is 0 Å². The van der Waals surface area contributed by atoms with E-state index in [2.05, 4.69) is 0 Å². The molecule has 5 heteroatoms. The molecule has 2 aliphatic rings. The van der Waals surface area contributed by atoms with E-state index in [0.717, 1.165) is 55.6 Å². The average Bonchev–Trinajstić information content (AvgIpc) is 2.63.